The summed E-state index contributed by atoms with van der Waals surface area (Å²) >= 11 is 3.58. The third-order valence-corrected chi connectivity index (χ3v) is 7.81. The van der Waals surface area contributed by atoms with Crippen molar-refractivity contribution in [2.75, 3.05) is 25.4 Å². The molecule has 0 spiro atoms. The Bertz CT molecular complexity index is 1030. The monoisotopic (exact) mass is 423 g/mol. The van der Waals surface area contributed by atoms with Crippen LogP contribution in [0.4, 0.5) is 0 Å². The minimum atomic E-state index is 0.137. The molecule has 3 aromatic rings. The number of hydrogen-bond acceptors (Lipinski definition) is 4. The zero-order valence-electron chi connectivity index (χ0n) is 17.3. The number of rotatable bonds is 5. The lowest BCUT2D eigenvalue weighted by Crippen LogP contribution is -2.27. The Morgan fingerprint density at radius 1 is 1.10 bits per heavy atom. The number of likely N-dealkylation sites (tertiary alicyclic amines) is 1. The van der Waals surface area contributed by atoms with Crippen LogP contribution >= 0.6 is 23.1 Å². The molecule has 4 rings (SSSR count). The molecule has 1 unspecified atom stereocenters. The molecule has 1 saturated heterocycles. The molecule has 1 fully saturated rings. The van der Waals surface area contributed by atoms with E-state index in [0.29, 0.717) is 0 Å². The smallest absolute Gasteiger partial charge is 0.195 e. The van der Waals surface area contributed by atoms with Gasteiger partial charge in [-0.1, -0.05) is 36.8 Å². The normalized spacial score (nSPS) is 18.1. The first-order chi connectivity index (χ1) is 14.1. The zero-order chi connectivity index (χ0) is 20.2. The van der Waals surface area contributed by atoms with Crippen LogP contribution in [0.1, 0.15) is 31.7 Å². The number of benzene rings is 2. The molecular formula is C25H29NOS2. The topological polar surface area (TPSA) is 20.3 Å². The van der Waals surface area contributed by atoms with E-state index in [1.807, 2.05) is 35.3 Å². The summed E-state index contributed by atoms with van der Waals surface area (Å²) < 4.78 is 1.08. The van der Waals surface area contributed by atoms with Gasteiger partial charge in [-0.3, -0.25) is 4.79 Å². The molecule has 0 aliphatic carbocycles. The molecule has 29 heavy (non-hydrogen) atoms. The molecule has 4 heteroatoms. The maximum absolute atomic E-state index is 13.0. The summed E-state index contributed by atoms with van der Waals surface area (Å²) in [5.41, 5.74) is 3.15. The van der Waals surface area contributed by atoms with E-state index < -0.39 is 0 Å². The standard InChI is InChI=1S/C25H29NOS2/c1-18-4-3-12-26(13-11-18)14-15-28-21-9-10-22-24(16-21)29-17-23(25(22)27)20-7-5-19(2)6-8-20/h5-10,16-18H,3-4,11-15H2,1-2H3. The molecule has 1 aliphatic rings. The molecule has 1 aliphatic heterocycles. The van der Waals surface area contributed by atoms with Crippen molar-refractivity contribution in [3.8, 4) is 11.1 Å². The van der Waals surface area contributed by atoms with Crippen LogP contribution in [0, 0.1) is 12.8 Å². The number of hydrogen-bond donors (Lipinski definition) is 0. The van der Waals surface area contributed by atoms with Gasteiger partial charge in [0.15, 0.2) is 5.43 Å². The largest absolute Gasteiger partial charge is 0.302 e. The van der Waals surface area contributed by atoms with Crippen LogP contribution in [-0.4, -0.2) is 30.3 Å². The van der Waals surface area contributed by atoms with Gasteiger partial charge in [0.2, 0.25) is 0 Å². The lowest BCUT2D eigenvalue weighted by Gasteiger charge is -2.19. The minimum Gasteiger partial charge on any atom is -0.302 e. The summed E-state index contributed by atoms with van der Waals surface area (Å²) in [5, 5.41) is 2.85. The van der Waals surface area contributed by atoms with Gasteiger partial charge in [0.25, 0.3) is 0 Å². The predicted octanol–water partition coefficient (Wildman–Crippen LogP) is 6.45. The summed E-state index contributed by atoms with van der Waals surface area (Å²) in [5.74, 6) is 1.98. The molecule has 0 bridgehead atoms. The summed E-state index contributed by atoms with van der Waals surface area (Å²) in [6.07, 6.45) is 4.04. The van der Waals surface area contributed by atoms with Crippen molar-refractivity contribution < 1.29 is 0 Å². The SMILES string of the molecule is Cc1ccc(-c2csc3cc(SCCN4CCCC(C)CC4)ccc3c2=O)cc1. The lowest BCUT2D eigenvalue weighted by molar-refractivity contribution is 0.299. The fourth-order valence-electron chi connectivity index (χ4n) is 3.97. The van der Waals surface area contributed by atoms with Gasteiger partial charge in [-0.15, -0.1) is 23.1 Å². The highest BCUT2D eigenvalue weighted by Gasteiger charge is 2.13. The number of thioether (sulfide) groups is 1. The van der Waals surface area contributed by atoms with E-state index >= 15 is 0 Å². The van der Waals surface area contributed by atoms with Crippen LogP contribution in [0.25, 0.3) is 21.2 Å². The molecule has 2 heterocycles. The minimum absolute atomic E-state index is 0.137. The van der Waals surface area contributed by atoms with Gasteiger partial charge in [-0.25, -0.2) is 0 Å². The molecule has 0 saturated carbocycles. The molecule has 2 nitrogen and oxygen atoms in total. The van der Waals surface area contributed by atoms with Crippen LogP contribution in [-0.2, 0) is 0 Å². The summed E-state index contributed by atoms with van der Waals surface area (Å²) in [7, 11) is 0. The molecule has 1 atom stereocenters. The van der Waals surface area contributed by atoms with Crippen LogP contribution < -0.4 is 5.43 Å². The lowest BCUT2D eigenvalue weighted by atomic mass is 10.0. The first-order valence-corrected chi connectivity index (χ1v) is 12.4. The van der Waals surface area contributed by atoms with Crippen molar-refractivity contribution in [2.24, 2.45) is 5.92 Å². The first kappa shape index (κ1) is 20.6. The van der Waals surface area contributed by atoms with Crippen LogP contribution in [0.15, 0.2) is 57.5 Å². The van der Waals surface area contributed by atoms with Crippen molar-refractivity contribution in [3.63, 3.8) is 0 Å². The van der Waals surface area contributed by atoms with Crippen molar-refractivity contribution in [1.82, 2.24) is 4.90 Å². The molecule has 2 aromatic carbocycles. The second kappa shape index (κ2) is 9.46. The second-order valence-corrected chi connectivity index (χ2v) is 10.3. The zero-order valence-corrected chi connectivity index (χ0v) is 19.0. The van der Waals surface area contributed by atoms with Crippen molar-refractivity contribution in [3.05, 3.63) is 63.6 Å². The highest BCUT2D eigenvalue weighted by Crippen LogP contribution is 2.28. The Hall–Kier alpha value is -1.62. The van der Waals surface area contributed by atoms with Crippen LogP contribution in [0.5, 0.6) is 0 Å². The first-order valence-electron chi connectivity index (χ1n) is 10.6. The van der Waals surface area contributed by atoms with Gasteiger partial charge < -0.3 is 4.90 Å². The Morgan fingerprint density at radius 3 is 2.76 bits per heavy atom. The number of nitrogens with zero attached hydrogens (tertiary/aromatic N) is 1. The average Bonchev–Trinajstić information content (AvgIpc) is 2.93. The highest BCUT2D eigenvalue weighted by atomic mass is 32.2. The third kappa shape index (κ3) is 5.11. The Balaban J connectivity index is 1.45. The Morgan fingerprint density at radius 2 is 1.93 bits per heavy atom. The maximum atomic E-state index is 13.0. The van der Waals surface area contributed by atoms with Crippen LogP contribution in [0.3, 0.4) is 0 Å². The van der Waals surface area contributed by atoms with Crippen molar-refractivity contribution >= 4 is 33.2 Å². The van der Waals surface area contributed by atoms with Gasteiger partial charge in [-0.2, -0.15) is 0 Å². The van der Waals surface area contributed by atoms with E-state index in [4.69, 9.17) is 0 Å². The van der Waals surface area contributed by atoms with E-state index in [1.165, 1.54) is 42.8 Å². The van der Waals surface area contributed by atoms with E-state index in [-0.39, 0.29) is 5.43 Å². The van der Waals surface area contributed by atoms with Crippen molar-refractivity contribution in [2.45, 2.75) is 38.0 Å². The van der Waals surface area contributed by atoms with E-state index in [2.05, 4.69) is 43.0 Å². The summed E-state index contributed by atoms with van der Waals surface area (Å²) in [6.45, 7) is 8.08. The molecule has 1 aromatic heterocycles. The van der Waals surface area contributed by atoms with Gasteiger partial charge in [-0.05, 0) is 69.0 Å². The predicted molar refractivity (Wildman–Crippen MR) is 128 cm³/mol. The number of aryl methyl sites for hydroxylation is 1. The molecular weight excluding hydrogens is 394 g/mol. The van der Waals surface area contributed by atoms with Gasteiger partial charge in [0.1, 0.15) is 0 Å². The summed E-state index contributed by atoms with van der Waals surface area (Å²) in [4.78, 5) is 16.9. The summed E-state index contributed by atoms with van der Waals surface area (Å²) in [6, 6.07) is 14.5. The third-order valence-electron chi connectivity index (χ3n) is 5.89. The second-order valence-electron chi connectivity index (χ2n) is 8.23. The fraction of sp³-hybridized carbons (Fsp3) is 0.400. The van der Waals surface area contributed by atoms with Crippen molar-refractivity contribution in [1.29, 1.82) is 0 Å². The van der Waals surface area contributed by atoms with Crippen LogP contribution in [0.2, 0.25) is 0 Å². The molecule has 0 amide bonds. The van der Waals surface area contributed by atoms with Gasteiger partial charge in [0, 0.05) is 38.2 Å². The average molecular weight is 424 g/mol. The maximum Gasteiger partial charge on any atom is 0.195 e. The molecule has 0 N–H and O–H groups in total. The Labute approximate surface area is 182 Å². The van der Waals surface area contributed by atoms with E-state index in [9.17, 15) is 4.79 Å². The molecule has 152 valence electrons. The number of fused-ring (bicyclic) bond motifs is 1. The van der Waals surface area contributed by atoms with E-state index in [1.54, 1.807) is 11.3 Å². The fourth-order valence-corrected chi connectivity index (χ4v) is 5.97. The molecule has 0 radical (unpaired) electrons. The van der Waals surface area contributed by atoms with Gasteiger partial charge >= 0.3 is 0 Å². The van der Waals surface area contributed by atoms with Gasteiger partial charge in [0.05, 0.1) is 0 Å². The quantitative estimate of drug-likeness (QED) is 0.440. The van der Waals surface area contributed by atoms with E-state index in [0.717, 1.165) is 39.4 Å². The highest BCUT2D eigenvalue weighted by molar-refractivity contribution is 7.99. The Kier molecular flexibility index (Phi) is 6.74.